The number of sulfonamides is 1. The summed E-state index contributed by atoms with van der Waals surface area (Å²) in [4.78, 5) is 22.9. The first-order chi connectivity index (χ1) is 13.9. The Bertz CT molecular complexity index is 1190. The van der Waals surface area contributed by atoms with Gasteiger partial charge in [0, 0.05) is 17.3 Å². The third kappa shape index (κ3) is 4.94. The van der Waals surface area contributed by atoms with E-state index in [-0.39, 0.29) is 21.7 Å². The second kappa shape index (κ2) is 8.49. The molecule has 29 heavy (non-hydrogen) atoms. The van der Waals surface area contributed by atoms with Gasteiger partial charge in [0.05, 0.1) is 15.4 Å². The molecular formula is C21H16N2O5S. The topological polar surface area (TPSA) is 106 Å². The lowest BCUT2D eigenvalue weighted by Crippen LogP contribution is -2.13. The minimum Gasteiger partial charge on any atom is -0.289 e. The summed E-state index contributed by atoms with van der Waals surface area (Å²) < 4.78 is 27.6. The van der Waals surface area contributed by atoms with Crippen molar-refractivity contribution in [2.45, 2.75) is 4.90 Å². The Morgan fingerprint density at radius 1 is 0.931 bits per heavy atom. The molecule has 3 aromatic carbocycles. The molecule has 3 rings (SSSR count). The molecule has 0 radical (unpaired) electrons. The van der Waals surface area contributed by atoms with Gasteiger partial charge < -0.3 is 0 Å². The van der Waals surface area contributed by atoms with Gasteiger partial charge in [-0.1, -0.05) is 42.5 Å². The number of carbonyl (C=O) groups is 1. The summed E-state index contributed by atoms with van der Waals surface area (Å²) in [6.07, 6.45) is 2.52. The number of carbonyl (C=O) groups excluding carboxylic acids is 1. The van der Waals surface area contributed by atoms with Crippen molar-refractivity contribution >= 4 is 33.3 Å². The van der Waals surface area contributed by atoms with Crippen LogP contribution in [0.2, 0.25) is 0 Å². The molecular weight excluding hydrogens is 392 g/mol. The first-order valence-corrected chi connectivity index (χ1v) is 9.99. The summed E-state index contributed by atoms with van der Waals surface area (Å²) in [6.45, 7) is 0. The van der Waals surface area contributed by atoms with E-state index in [2.05, 4.69) is 4.72 Å². The predicted octanol–water partition coefficient (Wildman–Crippen LogP) is 4.29. The minimum atomic E-state index is -3.87. The number of hydrogen-bond donors (Lipinski definition) is 1. The summed E-state index contributed by atoms with van der Waals surface area (Å²) in [7, 11) is -3.87. The fourth-order valence-electron chi connectivity index (χ4n) is 2.59. The molecule has 0 fully saturated rings. The van der Waals surface area contributed by atoms with Crippen LogP contribution in [0.25, 0.3) is 6.08 Å². The predicted molar refractivity (Wildman–Crippen MR) is 110 cm³/mol. The molecule has 0 aliphatic rings. The number of nitro groups is 1. The van der Waals surface area contributed by atoms with Gasteiger partial charge in [-0.25, -0.2) is 8.42 Å². The van der Waals surface area contributed by atoms with Crippen LogP contribution < -0.4 is 4.72 Å². The molecule has 3 aromatic rings. The van der Waals surface area contributed by atoms with Crippen molar-refractivity contribution in [1.29, 1.82) is 0 Å². The minimum absolute atomic E-state index is 0.0636. The number of nitro benzene ring substituents is 1. The van der Waals surface area contributed by atoms with Gasteiger partial charge in [-0.2, -0.15) is 0 Å². The Hall–Kier alpha value is -3.78. The number of anilines is 1. The number of hydrogen-bond acceptors (Lipinski definition) is 5. The highest BCUT2D eigenvalue weighted by molar-refractivity contribution is 7.92. The van der Waals surface area contributed by atoms with Crippen molar-refractivity contribution in [3.8, 4) is 0 Å². The molecule has 0 unspecified atom stereocenters. The third-order valence-electron chi connectivity index (χ3n) is 4.00. The van der Waals surface area contributed by atoms with E-state index in [1.807, 2.05) is 0 Å². The first kappa shape index (κ1) is 20.0. The molecule has 0 aliphatic carbocycles. The van der Waals surface area contributed by atoms with Gasteiger partial charge in [-0.3, -0.25) is 19.6 Å². The van der Waals surface area contributed by atoms with E-state index in [0.717, 1.165) is 0 Å². The largest absolute Gasteiger partial charge is 0.289 e. The monoisotopic (exact) mass is 408 g/mol. The molecule has 0 saturated carbocycles. The van der Waals surface area contributed by atoms with Crippen molar-refractivity contribution in [3.63, 3.8) is 0 Å². The summed E-state index contributed by atoms with van der Waals surface area (Å²) in [5.41, 5.74) is 0.705. The van der Waals surface area contributed by atoms with E-state index >= 15 is 0 Å². The van der Waals surface area contributed by atoms with Crippen LogP contribution in [0, 0.1) is 10.1 Å². The van der Waals surface area contributed by atoms with Crippen LogP contribution in [0.5, 0.6) is 0 Å². The number of benzene rings is 3. The number of para-hydroxylation sites is 2. The standard InChI is InChI=1S/C21H16N2O5S/c24-21(14-13-16-7-4-5-12-20(16)23(25)26)17-8-6-11-19(15-17)29(27,28)22-18-9-2-1-3-10-18/h1-15,22H/b14-13+. The van der Waals surface area contributed by atoms with Crippen LogP contribution >= 0.6 is 0 Å². The number of rotatable bonds is 7. The molecule has 0 atom stereocenters. The lowest BCUT2D eigenvalue weighted by atomic mass is 10.1. The van der Waals surface area contributed by atoms with Crippen LogP contribution in [0.1, 0.15) is 15.9 Å². The van der Waals surface area contributed by atoms with Gasteiger partial charge in [-0.15, -0.1) is 0 Å². The Labute approximate surface area is 167 Å². The van der Waals surface area contributed by atoms with E-state index < -0.39 is 20.7 Å². The average Bonchev–Trinajstić information content (AvgIpc) is 2.72. The van der Waals surface area contributed by atoms with E-state index in [9.17, 15) is 23.3 Å². The zero-order valence-electron chi connectivity index (χ0n) is 15.1. The van der Waals surface area contributed by atoms with Gasteiger partial charge >= 0.3 is 0 Å². The van der Waals surface area contributed by atoms with Gasteiger partial charge in [0.2, 0.25) is 0 Å². The summed E-state index contributed by atoms with van der Waals surface area (Å²) in [5.74, 6) is -0.472. The van der Waals surface area contributed by atoms with Gasteiger partial charge in [0.25, 0.3) is 15.7 Å². The van der Waals surface area contributed by atoms with Crippen LogP contribution in [0.15, 0.2) is 89.8 Å². The van der Waals surface area contributed by atoms with Crippen molar-refractivity contribution < 1.29 is 18.1 Å². The van der Waals surface area contributed by atoms with Crippen molar-refractivity contribution in [2.24, 2.45) is 0 Å². The Kier molecular flexibility index (Phi) is 5.85. The molecule has 1 N–H and O–H groups in total. The van der Waals surface area contributed by atoms with Gasteiger partial charge in [-0.05, 0) is 42.5 Å². The molecule has 0 spiro atoms. The second-order valence-corrected chi connectivity index (χ2v) is 7.70. The maximum atomic E-state index is 12.6. The molecule has 0 saturated heterocycles. The highest BCUT2D eigenvalue weighted by Crippen LogP contribution is 2.20. The average molecular weight is 408 g/mol. The van der Waals surface area contributed by atoms with E-state index in [0.29, 0.717) is 5.69 Å². The molecule has 0 bridgehead atoms. The zero-order valence-corrected chi connectivity index (χ0v) is 15.9. The smallest absolute Gasteiger partial charge is 0.276 e. The van der Waals surface area contributed by atoms with E-state index in [1.54, 1.807) is 36.4 Å². The van der Waals surface area contributed by atoms with Crippen LogP contribution in [-0.4, -0.2) is 19.1 Å². The second-order valence-electron chi connectivity index (χ2n) is 6.01. The summed E-state index contributed by atoms with van der Waals surface area (Å²) in [5, 5.41) is 11.1. The molecule has 0 aromatic heterocycles. The lowest BCUT2D eigenvalue weighted by molar-refractivity contribution is -0.385. The van der Waals surface area contributed by atoms with Crippen LogP contribution in [0.4, 0.5) is 11.4 Å². The molecule has 7 nitrogen and oxygen atoms in total. The normalized spacial score (nSPS) is 11.3. The number of nitrogens with one attached hydrogen (secondary N) is 1. The zero-order chi connectivity index (χ0) is 20.9. The molecule has 0 aliphatic heterocycles. The highest BCUT2D eigenvalue weighted by atomic mass is 32.2. The fraction of sp³-hybridized carbons (Fsp3) is 0. The Morgan fingerprint density at radius 3 is 2.34 bits per heavy atom. The number of allylic oxidation sites excluding steroid dienone is 1. The molecule has 8 heteroatoms. The van der Waals surface area contributed by atoms with Gasteiger partial charge in [0.15, 0.2) is 5.78 Å². The first-order valence-electron chi connectivity index (χ1n) is 8.50. The van der Waals surface area contributed by atoms with Crippen molar-refractivity contribution in [3.05, 3.63) is 106 Å². The molecule has 146 valence electrons. The number of nitrogens with zero attached hydrogens (tertiary/aromatic N) is 1. The van der Waals surface area contributed by atoms with E-state index in [4.69, 9.17) is 0 Å². The summed E-state index contributed by atoms with van der Waals surface area (Å²) >= 11 is 0. The van der Waals surface area contributed by atoms with Crippen LogP contribution in [-0.2, 0) is 10.0 Å². The van der Waals surface area contributed by atoms with Crippen molar-refractivity contribution in [2.75, 3.05) is 4.72 Å². The quantitative estimate of drug-likeness (QED) is 0.272. The van der Waals surface area contributed by atoms with Gasteiger partial charge in [0.1, 0.15) is 0 Å². The summed E-state index contributed by atoms with van der Waals surface area (Å²) in [6, 6.07) is 20.0. The maximum Gasteiger partial charge on any atom is 0.276 e. The fourth-order valence-corrected chi connectivity index (χ4v) is 3.70. The highest BCUT2D eigenvalue weighted by Gasteiger charge is 2.16. The Morgan fingerprint density at radius 2 is 1.62 bits per heavy atom. The maximum absolute atomic E-state index is 12.6. The SMILES string of the molecule is O=C(/C=C/c1ccccc1[N+](=O)[O-])c1cccc(S(=O)(=O)Nc2ccccc2)c1. The molecule has 0 amide bonds. The number of ketones is 1. The lowest BCUT2D eigenvalue weighted by Gasteiger charge is -2.08. The third-order valence-corrected chi connectivity index (χ3v) is 5.38. The Balaban J connectivity index is 1.84. The van der Waals surface area contributed by atoms with E-state index in [1.165, 1.54) is 54.6 Å². The van der Waals surface area contributed by atoms with Crippen LogP contribution in [0.3, 0.4) is 0 Å². The molecule has 0 heterocycles. The van der Waals surface area contributed by atoms with Crippen molar-refractivity contribution in [1.82, 2.24) is 0 Å².